The van der Waals surface area contributed by atoms with Gasteiger partial charge in [-0.15, -0.1) is 0 Å². The molecular formula is C22H23BrN2O5. The third-order valence-corrected chi connectivity index (χ3v) is 4.75. The van der Waals surface area contributed by atoms with Crippen LogP contribution in [0, 0.1) is 11.3 Å². The van der Waals surface area contributed by atoms with E-state index in [-0.39, 0.29) is 25.5 Å². The number of amides is 1. The second-order valence-corrected chi connectivity index (χ2v) is 7.10. The summed E-state index contributed by atoms with van der Waals surface area (Å²) in [5.74, 6) is 0.0361. The summed E-state index contributed by atoms with van der Waals surface area (Å²) >= 11 is 3.37. The second-order valence-electron chi connectivity index (χ2n) is 6.25. The van der Waals surface area contributed by atoms with Gasteiger partial charge < -0.3 is 19.1 Å². The van der Waals surface area contributed by atoms with E-state index in [4.69, 9.17) is 14.7 Å². The number of hydrogen-bond acceptors (Lipinski definition) is 6. The van der Waals surface area contributed by atoms with E-state index in [9.17, 15) is 9.59 Å². The van der Waals surface area contributed by atoms with Crippen molar-refractivity contribution in [3.8, 4) is 17.6 Å². The van der Waals surface area contributed by atoms with E-state index in [2.05, 4.69) is 26.7 Å². The molecular weight excluding hydrogens is 452 g/mol. The van der Waals surface area contributed by atoms with Crippen LogP contribution >= 0.6 is 15.9 Å². The van der Waals surface area contributed by atoms with Crippen LogP contribution in [0.4, 0.5) is 0 Å². The van der Waals surface area contributed by atoms with Crippen LogP contribution in [-0.2, 0) is 20.9 Å². The highest BCUT2D eigenvalue weighted by molar-refractivity contribution is 9.10. The summed E-state index contributed by atoms with van der Waals surface area (Å²) in [6, 6.07) is 14.7. The van der Waals surface area contributed by atoms with Crippen molar-refractivity contribution in [2.45, 2.75) is 19.9 Å². The first-order valence-corrected chi connectivity index (χ1v) is 10.2. The molecule has 2 aromatic carbocycles. The zero-order chi connectivity index (χ0) is 21.9. The van der Waals surface area contributed by atoms with Gasteiger partial charge >= 0.3 is 5.97 Å². The maximum Gasteiger partial charge on any atom is 0.307 e. The van der Waals surface area contributed by atoms with Gasteiger partial charge in [0, 0.05) is 19.2 Å². The average Bonchev–Trinajstić information content (AvgIpc) is 2.76. The first-order valence-electron chi connectivity index (χ1n) is 9.36. The second kappa shape index (κ2) is 11.8. The first kappa shape index (κ1) is 23.2. The Kier molecular flexibility index (Phi) is 9.16. The van der Waals surface area contributed by atoms with E-state index in [1.807, 2.05) is 37.3 Å². The Labute approximate surface area is 184 Å². The number of nitriles is 1. The summed E-state index contributed by atoms with van der Waals surface area (Å²) in [6.45, 7) is 2.49. The molecule has 0 radical (unpaired) electrons. The minimum absolute atomic E-state index is 0.0832. The molecule has 0 spiro atoms. The highest BCUT2D eigenvalue weighted by Gasteiger charge is 2.19. The van der Waals surface area contributed by atoms with Crippen LogP contribution in [0.15, 0.2) is 46.9 Å². The average molecular weight is 475 g/mol. The van der Waals surface area contributed by atoms with E-state index < -0.39 is 5.97 Å². The van der Waals surface area contributed by atoms with Crippen LogP contribution in [-0.4, -0.2) is 43.6 Å². The van der Waals surface area contributed by atoms with Crippen molar-refractivity contribution < 1.29 is 23.8 Å². The van der Waals surface area contributed by atoms with Crippen molar-refractivity contribution in [2.24, 2.45) is 0 Å². The number of halogens is 1. The van der Waals surface area contributed by atoms with E-state index >= 15 is 0 Å². The van der Waals surface area contributed by atoms with Crippen molar-refractivity contribution in [1.82, 2.24) is 4.90 Å². The van der Waals surface area contributed by atoms with Gasteiger partial charge in [0.25, 0.3) is 5.91 Å². The summed E-state index contributed by atoms with van der Waals surface area (Å²) < 4.78 is 16.5. The molecule has 0 heterocycles. The van der Waals surface area contributed by atoms with Gasteiger partial charge in [0.2, 0.25) is 0 Å². The Balaban J connectivity index is 2.14. The third kappa shape index (κ3) is 6.78. The highest BCUT2D eigenvalue weighted by atomic mass is 79.9. The van der Waals surface area contributed by atoms with Crippen molar-refractivity contribution in [2.75, 3.05) is 26.9 Å². The van der Waals surface area contributed by atoms with E-state index in [0.29, 0.717) is 34.7 Å². The fourth-order valence-corrected chi connectivity index (χ4v) is 3.24. The van der Waals surface area contributed by atoms with Crippen LogP contribution in [0.3, 0.4) is 0 Å². The predicted octanol–water partition coefficient (Wildman–Crippen LogP) is 3.69. The van der Waals surface area contributed by atoms with Gasteiger partial charge in [-0.1, -0.05) is 30.3 Å². The SMILES string of the molecule is CCOc1cc(C#N)cc(Br)c1OCC(=O)N(CCC(=O)OC)Cc1ccccc1. The van der Waals surface area contributed by atoms with Gasteiger partial charge in [0.1, 0.15) is 0 Å². The number of carbonyl (C=O) groups is 2. The molecule has 8 heteroatoms. The zero-order valence-corrected chi connectivity index (χ0v) is 18.5. The largest absolute Gasteiger partial charge is 0.490 e. The van der Waals surface area contributed by atoms with E-state index in [1.165, 1.54) is 7.11 Å². The van der Waals surface area contributed by atoms with E-state index in [0.717, 1.165) is 5.56 Å². The monoisotopic (exact) mass is 474 g/mol. The minimum Gasteiger partial charge on any atom is -0.490 e. The molecule has 0 bridgehead atoms. The quantitative estimate of drug-likeness (QED) is 0.487. The lowest BCUT2D eigenvalue weighted by Crippen LogP contribution is -2.36. The number of methoxy groups -OCH3 is 1. The number of nitrogens with zero attached hydrogens (tertiary/aromatic N) is 2. The van der Waals surface area contributed by atoms with Gasteiger partial charge in [0.05, 0.1) is 36.2 Å². The molecule has 0 aromatic heterocycles. The van der Waals surface area contributed by atoms with Gasteiger partial charge in [-0.05, 0) is 34.5 Å². The van der Waals surface area contributed by atoms with E-state index in [1.54, 1.807) is 17.0 Å². The van der Waals surface area contributed by atoms with Crippen molar-refractivity contribution in [3.63, 3.8) is 0 Å². The topological polar surface area (TPSA) is 88.9 Å². The van der Waals surface area contributed by atoms with Gasteiger partial charge in [-0.25, -0.2) is 0 Å². The molecule has 0 aliphatic heterocycles. The third-order valence-electron chi connectivity index (χ3n) is 4.16. The summed E-state index contributed by atoms with van der Waals surface area (Å²) in [7, 11) is 1.31. The lowest BCUT2D eigenvalue weighted by molar-refractivity contribution is -0.142. The molecule has 1 amide bonds. The van der Waals surface area contributed by atoms with Crippen molar-refractivity contribution in [3.05, 3.63) is 58.1 Å². The van der Waals surface area contributed by atoms with Crippen LogP contribution in [0.25, 0.3) is 0 Å². The van der Waals surface area contributed by atoms with Crippen LogP contribution in [0.5, 0.6) is 11.5 Å². The van der Waals surface area contributed by atoms with Gasteiger partial charge in [-0.3, -0.25) is 9.59 Å². The molecule has 2 rings (SSSR count). The molecule has 30 heavy (non-hydrogen) atoms. The zero-order valence-electron chi connectivity index (χ0n) is 16.9. The number of hydrogen-bond donors (Lipinski definition) is 0. The Morgan fingerprint density at radius 1 is 1.17 bits per heavy atom. The van der Waals surface area contributed by atoms with Crippen molar-refractivity contribution >= 4 is 27.8 Å². The lowest BCUT2D eigenvalue weighted by atomic mass is 10.2. The maximum absolute atomic E-state index is 12.9. The molecule has 0 saturated heterocycles. The molecule has 0 unspecified atom stereocenters. The molecule has 0 aliphatic rings. The molecule has 7 nitrogen and oxygen atoms in total. The standard InChI is InChI=1S/C22H23BrN2O5/c1-3-29-19-12-17(13-24)11-18(23)22(19)30-15-20(26)25(10-9-21(27)28-2)14-16-7-5-4-6-8-16/h4-8,11-12H,3,9-10,14-15H2,1-2H3. The number of esters is 1. The molecule has 0 N–H and O–H groups in total. The smallest absolute Gasteiger partial charge is 0.307 e. The van der Waals surface area contributed by atoms with Gasteiger partial charge in [0.15, 0.2) is 18.1 Å². The fraction of sp³-hybridized carbons (Fsp3) is 0.318. The fourth-order valence-electron chi connectivity index (χ4n) is 2.68. The number of ether oxygens (including phenoxy) is 3. The first-order chi connectivity index (χ1) is 14.5. The summed E-state index contributed by atoms with van der Waals surface area (Å²) in [5.41, 5.74) is 1.35. The number of carbonyl (C=O) groups excluding carboxylic acids is 2. The Morgan fingerprint density at radius 3 is 2.53 bits per heavy atom. The van der Waals surface area contributed by atoms with Gasteiger partial charge in [-0.2, -0.15) is 5.26 Å². The molecule has 0 atom stereocenters. The molecule has 0 fully saturated rings. The Bertz CT molecular complexity index is 912. The van der Waals surface area contributed by atoms with Crippen LogP contribution < -0.4 is 9.47 Å². The van der Waals surface area contributed by atoms with Crippen molar-refractivity contribution in [1.29, 1.82) is 5.26 Å². The summed E-state index contributed by atoms with van der Waals surface area (Å²) in [6.07, 6.45) is 0.0832. The summed E-state index contributed by atoms with van der Waals surface area (Å²) in [4.78, 5) is 26.0. The molecule has 0 aliphatic carbocycles. The minimum atomic E-state index is -0.393. The summed E-state index contributed by atoms with van der Waals surface area (Å²) in [5, 5.41) is 9.14. The number of benzene rings is 2. The molecule has 0 saturated carbocycles. The van der Waals surface area contributed by atoms with Crippen LogP contribution in [0.1, 0.15) is 24.5 Å². The maximum atomic E-state index is 12.9. The molecule has 158 valence electrons. The lowest BCUT2D eigenvalue weighted by Gasteiger charge is -2.23. The normalized spacial score (nSPS) is 10.1. The number of rotatable bonds is 10. The Morgan fingerprint density at radius 2 is 1.90 bits per heavy atom. The molecule has 2 aromatic rings. The Hall–Kier alpha value is -3.05. The van der Waals surface area contributed by atoms with Crippen LogP contribution in [0.2, 0.25) is 0 Å². The predicted molar refractivity (Wildman–Crippen MR) is 114 cm³/mol. The highest BCUT2D eigenvalue weighted by Crippen LogP contribution is 2.36.